The van der Waals surface area contributed by atoms with Gasteiger partial charge < -0.3 is 0 Å². The molecular weight excluding hydrogens is 158 g/mol. The molecule has 0 radical (unpaired) electrons. The Kier molecular flexibility index (Phi) is 2.14. The van der Waals surface area contributed by atoms with Crippen molar-refractivity contribution in [2.45, 2.75) is 13.3 Å². The summed E-state index contributed by atoms with van der Waals surface area (Å²) < 4.78 is 0. The van der Waals surface area contributed by atoms with Crippen LogP contribution in [-0.2, 0) is 0 Å². The standard InChI is InChI=1S/C12H11N/c1-10-7-8-13-9-12(10)11-5-3-2-4-6-11/h2-3,5,9H,7-8H2,1H3. The number of rotatable bonds is 1. The third kappa shape index (κ3) is 1.62. The van der Waals surface area contributed by atoms with E-state index in [2.05, 4.69) is 24.0 Å². The van der Waals surface area contributed by atoms with Crippen LogP contribution < -0.4 is 0 Å². The quantitative estimate of drug-likeness (QED) is 0.612. The molecule has 1 aliphatic heterocycles. The predicted octanol–water partition coefficient (Wildman–Crippen LogP) is 2.53. The second-order valence-electron chi connectivity index (χ2n) is 3.19. The second-order valence-corrected chi connectivity index (χ2v) is 3.19. The minimum absolute atomic E-state index is 0.923. The highest BCUT2D eigenvalue weighted by Crippen LogP contribution is 2.20. The van der Waals surface area contributed by atoms with Crippen molar-refractivity contribution in [2.24, 2.45) is 4.99 Å². The molecule has 0 fully saturated rings. The second kappa shape index (κ2) is 3.45. The zero-order chi connectivity index (χ0) is 9.10. The minimum atomic E-state index is 0.923. The van der Waals surface area contributed by atoms with Crippen LogP contribution in [0.25, 0.3) is 5.57 Å². The van der Waals surface area contributed by atoms with E-state index in [-0.39, 0.29) is 0 Å². The first-order valence-electron chi connectivity index (χ1n) is 4.46. The summed E-state index contributed by atoms with van der Waals surface area (Å²) in [6, 6.07) is 11.9. The van der Waals surface area contributed by atoms with Gasteiger partial charge in [-0.15, -0.1) is 0 Å². The van der Waals surface area contributed by atoms with Crippen LogP contribution in [0.3, 0.4) is 0 Å². The fraction of sp³-hybridized carbons (Fsp3) is 0.250. The lowest BCUT2D eigenvalue weighted by atomic mass is 9.99. The summed E-state index contributed by atoms with van der Waals surface area (Å²) in [5.74, 6) is 0. The molecular formula is C12H11N. The van der Waals surface area contributed by atoms with E-state index in [1.165, 1.54) is 11.1 Å². The number of allylic oxidation sites excluding steroid dienone is 1. The lowest BCUT2D eigenvalue weighted by Crippen LogP contribution is -1.98. The van der Waals surface area contributed by atoms with Gasteiger partial charge in [0.15, 0.2) is 0 Å². The Labute approximate surface area is 78.8 Å². The number of dihydropyridines is 1. The van der Waals surface area contributed by atoms with Crippen LogP contribution in [0, 0.1) is 12.1 Å². The molecule has 0 aromatic heterocycles. The molecule has 0 saturated carbocycles. The van der Waals surface area contributed by atoms with Crippen molar-refractivity contribution in [2.75, 3.05) is 6.54 Å². The van der Waals surface area contributed by atoms with E-state index >= 15 is 0 Å². The van der Waals surface area contributed by atoms with Gasteiger partial charge in [-0.2, -0.15) is 0 Å². The van der Waals surface area contributed by atoms with Crippen molar-refractivity contribution in [3.63, 3.8) is 0 Å². The average Bonchev–Trinajstić information content (AvgIpc) is 2.20. The van der Waals surface area contributed by atoms with Crippen molar-refractivity contribution in [1.29, 1.82) is 0 Å². The van der Waals surface area contributed by atoms with Gasteiger partial charge in [0.05, 0.1) is 0 Å². The largest absolute Gasteiger partial charge is 0.292 e. The van der Waals surface area contributed by atoms with Crippen molar-refractivity contribution in [3.8, 4) is 0 Å². The number of nitrogens with zero attached hydrogens (tertiary/aromatic N) is 1. The first kappa shape index (κ1) is 8.07. The molecule has 0 bridgehead atoms. The van der Waals surface area contributed by atoms with Crippen LogP contribution in [-0.4, -0.2) is 12.8 Å². The van der Waals surface area contributed by atoms with Gasteiger partial charge in [-0.05, 0) is 25.5 Å². The monoisotopic (exact) mass is 169 g/mol. The lowest BCUT2D eigenvalue weighted by Gasteiger charge is -2.10. The SMILES string of the molecule is CC1=C(c2c#cccc2)C=NCC1. The molecule has 1 aliphatic rings. The van der Waals surface area contributed by atoms with E-state index in [1.54, 1.807) is 0 Å². The highest BCUT2D eigenvalue weighted by Gasteiger charge is 2.06. The van der Waals surface area contributed by atoms with Gasteiger partial charge in [0, 0.05) is 23.9 Å². The molecule has 0 spiro atoms. The zero-order valence-electron chi connectivity index (χ0n) is 7.67. The maximum absolute atomic E-state index is 4.27. The van der Waals surface area contributed by atoms with Gasteiger partial charge in [-0.3, -0.25) is 4.99 Å². The van der Waals surface area contributed by atoms with E-state index in [0.717, 1.165) is 18.5 Å². The highest BCUT2D eigenvalue weighted by atomic mass is 14.7. The molecule has 13 heavy (non-hydrogen) atoms. The van der Waals surface area contributed by atoms with Gasteiger partial charge in [-0.1, -0.05) is 23.8 Å². The molecule has 64 valence electrons. The normalized spacial score (nSPS) is 15.8. The number of hydrogen-bond donors (Lipinski definition) is 0. The molecule has 0 N–H and O–H groups in total. The van der Waals surface area contributed by atoms with Crippen LogP contribution in [0.15, 0.2) is 28.8 Å². The molecule has 1 aromatic rings. The van der Waals surface area contributed by atoms with Crippen LogP contribution in [0.4, 0.5) is 0 Å². The van der Waals surface area contributed by atoms with Crippen LogP contribution in [0.2, 0.25) is 0 Å². The summed E-state index contributed by atoms with van der Waals surface area (Å²) in [5.41, 5.74) is 3.71. The Morgan fingerprint density at radius 2 is 2.38 bits per heavy atom. The molecule has 2 rings (SSSR count). The number of aliphatic imine (C=N–C) groups is 1. The third-order valence-electron chi connectivity index (χ3n) is 2.24. The summed E-state index contributed by atoms with van der Waals surface area (Å²) in [6.45, 7) is 3.08. The van der Waals surface area contributed by atoms with Crippen LogP contribution in [0.5, 0.6) is 0 Å². The summed E-state index contributed by atoms with van der Waals surface area (Å²) >= 11 is 0. The van der Waals surface area contributed by atoms with Gasteiger partial charge in [0.1, 0.15) is 0 Å². The highest BCUT2D eigenvalue weighted by molar-refractivity contribution is 6.11. The van der Waals surface area contributed by atoms with Crippen LogP contribution >= 0.6 is 0 Å². The molecule has 1 aromatic carbocycles. The molecule has 0 atom stereocenters. The van der Waals surface area contributed by atoms with Gasteiger partial charge in [0.2, 0.25) is 0 Å². The summed E-state index contributed by atoms with van der Waals surface area (Å²) in [6.07, 6.45) is 3.01. The zero-order valence-corrected chi connectivity index (χ0v) is 7.67. The Hall–Kier alpha value is -1.55. The summed E-state index contributed by atoms with van der Waals surface area (Å²) in [7, 11) is 0. The molecule has 1 heteroatoms. The first-order valence-corrected chi connectivity index (χ1v) is 4.46. The Bertz CT molecular complexity index is 347. The Morgan fingerprint density at radius 3 is 3.08 bits per heavy atom. The van der Waals surface area contributed by atoms with Gasteiger partial charge in [-0.25, -0.2) is 0 Å². The summed E-state index contributed by atoms with van der Waals surface area (Å²) in [4.78, 5) is 4.27. The summed E-state index contributed by atoms with van der Waals surface area (Å²) in [5, 5.41) is 0. The molecule has 1 heterocycles. The minimum Gasteiger partial charge on any atom is -0.292 e. The lowest BCUT2D eigenvalue weighted by molar-refractivity contribution is 0.947. The van der Waals surface area contributed by atoms with E-state index < -0.39 is 0 Å². The predicted molar refractivity (Wildman–Crippen MR) is 54.7 cm³/mol. The number of hydrogen-bond acceptors (Lipinski definition) is 1. The fourth-order valence-electron chi connectivity index (χ4n) is 1.44. The third-order valence-corrected chi connectivity index (χ3v) is 2.24. The first-order chi connectivity index (χ1) is 6.38. The topological polar surface area (TPSA) is 12.4 Å². The molecule has 0 saturated heterocycles. The van der Waals surface area contributed by atoms with E-state index in [1.807, 2.05) is 24.4 Å². The molecule has 1 nitrogen and oxygen atoms in total. The van der Waals surface area contributed by atoms with E-state index in [0.29, 0.717) is 0 Å². The smallest absolute Gasteiger partial charge is 0.0426 e. The Balaban J connectivity index is 2.41. The maximum atomic E-state index is 4.27. The molecule has 0 unspecified atom stereocenters. The van der Waals surface area contributed by atoms with Crippen molar-refractivity contribution < 1.29 is 0 Å². The molecule has 0 amide bonds. The van der Waals surface area contributed by atoms with Crippen molar-refractivity contribution in [1.82, 2.24) is 0 Å². The fourth-order valence-corrected chi connectivity index (χ4v) is 1.44. The van der Waals surface area contributed by atoms with Gasteiger partial charge in [0.25, 0.3) is 0 Å². The maximum Gasteiger partial charge on any atom is 0.0426 e. The molecule has 0 aliphatic carbocycles. The van der Waals surface area contributed by atoms with E-state index in [4.69, 9.17) is 0 Å². The average molecular weight is 169 g/mol. The Morgan fingerprint density at radius 1 is 1.46 bits per heavy atom. The van der Waals surface area contributed by atoms with Crippen LogP contribution in [0.1, 0.15) is 18.9 Å². The van der Waals surface area contributed by atoms with Crippen molar-refractivity contribution in [3.05, 3.63) is 41.5 Å². The van der Waals surface area contributed by atoms with Crippen molar-refractivity contribution >= 4 is 11.8 Å². The van der Waals surface area contributed by atoms with Gasteiger partial charge >= 0.3 is 0 Å². The van der Waals surface area contributed by atoms with E-state index in [9.17, 15) is 0 Å².